The van der Waals surface area contributed by atoms with Gasteiger partial charge in [0.1, 0.15) is 0 Å². The minimum absolute atomic E-state index is 0.357. The van der Waals surface area contributed by atoms with Crippen molar-refractivity contribution in [1.29, 1.82) is 0 Å². The molecular weight excluding hydrogens is 264 g/mol. The van der Waals surface area contributed by atoms with Crippen LogP contribution in [0.5, 0.6) is 0 Å². The Labute approximate surface area is 104 Å². The first kappa shape index (κ1) is 10.3. The van der Waals surface area contributed by atoms with E-state index in [0.717, 1.165) is 19.5 Å². The number of nitrogens with one attached hydrogen (secondary N) is 1. The van der Waals surface area contributed by atoms with Crippen LogP contribution < -0.4 is 5.32 Å². The first-order valence-electron chi connectivity index (χ1n) is 5.82. The largest absolute Gasteiger partial charge is 0.372 e. The lowest BCUT2D eigenvalue weighted by molar-refractivity contribution is 0.714. The fourth-order valence-corrected chi connectivity index (χ4v) is 3.17. The molecule has 1 N–H and O–H groups in total. The molecule has 0 bridgehead atoms. The van der Waals surface area contributed by atoms with Crippen LogP contribution in [-0.2, 0) is 5.41 Å². The number of benzene rings is 1. The average molecular weight is 279 g/mol. The lowest BCUT2D eigenvalue weighted by Crippen LogP contribution is -2.24. The zero-order valence-corrected chi connectivity index (χ0v) is 10.8. The quantitative estimate of drug-likeness (QED) is 0.904. The molecule has 0 radical (unpaired) electrons. The molecule has 3 rings (SSSR count). The van der Waals surface area contributed by atoms with Crippen LogP contribution in [0, 0.1) is 0 Å². The number of nitrogens with zero attached hydrogens (tertiary/aromatic N) is 1. The first-order valence-corrected chi connectivity index (χ1v) is 6.62. The molecule has 0 spiro atoms. The third-order valence-corrected chi connectivity index (χ3v) is 4.24. The van der Waals surface area contributed by atoms with Gasteiger partial charge in [0.15, 0.2) is 0 Å². The van der Waals surface area contributed by atoms with Crippen LogP contribution in [-0.4, -0.2) is 18.9 Å². The maximum atomic E-state index is 4.51. The molecule has 16 heavy (non-hydrogen) atoms. The third-order valence-electron chi connectivity index (χ3n) is 3.55. The van der Waals surface area contributed by atoms with Gasteiger partial charge in [0.2, 0.25) is 0 Å². The van der Waals surface area contributed by atoms with Crippen LogP contribution in [0.25, 0.3) is 0 Å². The van der Waals surface area contributed by atoms with E-state index in [4.69, 9.17) is 0 Å². The molecule has 84 valence electrons. The highest BCUT2D eigenvalue weighted by atomic mass is 79.9. The number of hydrogen-bond acceptors (Lipinski definition) is 2. The molecule has 2 aliphatic rings. The summed E-state index contributed by atoms with van der Waals surface area (Å²) in [6, 6.07) is 8.59. The van der Waals surface area contributed by atoms with Crippen LogP contribution in [0.1, 0.15) is 24.8 Å². The molecule has 3 heteroatoms. The lowest BCUT2D eigenvalue weighted by atomic mass is 9.92. The van der Waals surface area contributed by atoms with Crippen LogP contribution >= 0.6 is 15.9 Å². The highest BCUT2D eigenvalue weighted by molar-refractivity contribution is 9.10. The Hall–Kier alpha value is -0.830. The number of halogens is 1. The number of aliphatic imine (C=N–C) groups is 1. The predicted molar refractivity (Wildman–Crippen MR) is 70.0 cm³/mol. The van der Waals surface area contributed by atoms with Crippen molar-refractivity contribution in [3.63, 3.8) is 0 Å². The van der Waals surface area contributed by atoms with Crippen molar-refractivity contribution in [3.8, 4) is 0 Å². The van der Waals surface area contributed by atoms with Crippen molar-refractivity contribution >= 4 is 21.8 Å². The van der Waals surface area contributed by atoms with Gasteiger partial charge < -0.3 is 5.32 Å². The van der Waals surface area contributed by atoms with E-state index < -0.39 is 0 Å². The van der Waals surface area contributed by atoms with Gasteiger partial charge in [-0.3, -0.25) is 4.99 Å². The summed E-state index contributed by atoms with van der Waals surface area (Å²) in [7, 11) is 0. The molecule has 1 saturated carbocycles. The average Bonchev–Trinajstić information content (AvgIpc) is 2.87. The Bertz CT molecular complexity index is 435. The second-order valence-electron chi connectivity index (χ2n) is 4.69. The van der Waals surface area contributed by atoms with Crippen molar-refractivity contribution in [1.82, 2.24) is 5.32 Å². The molecule has 1 aliphatic carbocycles. The summed E-state index contributed by atoms with van der Waals surface area (Å²) in [6.45, 7) is 1.96. The normalized spacial score (nSPS) is 21.4. The molecule has 2 nitrogen and oxygen atoms in total. The van der Waals surface area contributed by atoms with E-state index in [-0.39, 0.29) is 0 Å². The van der Waals surface area contributed by atoms with E-state index in [1.54, 1.807) is 0 Å². The van der Waals surface area contributed by atoms with Crippen molar-refractivity contribution in [2.24, 2.45) is 4.99 Å². The van der Waals surface area contributed by atoms with Crippen LogP contribution in [0.15, 0.2) is 33.7 Å². The van der Waals surface area contributed by atoms with Gasteiger partial charge in [-0.15, -0.1) is 0 Å². The maximum absolute atomic E-state index is 4.51. The topological polar surface area (TPSA) is 24.4 Å². The molecule has 1 aromatic carbocycles. The Morgan fingerprint density at radius 2 is 2.12 bits per heavy atom. The summed E-state index contributed by atoms with van der Waals surface area (Å²) in [6.07, 6.45) is 3.66. The Balaban J connectivity index is 1.85. The number of hydrogen-bond donors (Lipinski definition) is 1. The van der Waals surface area contributed by atoms with Crippen molar-refractivity contribution in [2.75, 3.05) is 13.1 Å². The molecule has 1 aromatic rings. The molecule has 0 amide bonds. The van der Waals surface area contributed by atoms with E-state index >= 15 is 0 Å². The minimum atomic E-state index is 0.357. The molecule has 0 atom stereocenters. The summed E-state index contributed by atoms with van der Waals surface area (Å²) in [5, 5.41) is 3.38. The van der Waals surface area contributed by atoms with E-state index in [1.165, 1.54) is 28.7 Å². The number of rotatable bonds is 3. The standard InChI is InChI=1S/C13H15BrN2/c14-11-4-2-1-3-10(11)13(5-6-13)9-12-15-7-8-16-12/h1-4H,5-9H2,(H,15,16). The molecular formula is C13H15BrN2. The van der Waals surface area contributed by atoms with Gasteiger partial charge in [-0.05, 0) is 24.5 Å². The van der Waals surface area contributed by atoms with Crippen molar-refractivity contribution in [3.05, 3.63) is 34.3 Å². The zero-order valence-electron chi connectivity index (χ0n) is 9.17. The fourth-order valence-electron chi connectivity index (χ4n) is 2.47. The second kappa shape index (κ2) is 3.88. The molecule has 1 aliphatic heterocycles. The van der Waals surface area contributed by atoms with Gasteiger partial charge in [-0.25, -0.2) is 0 Å². The Morgan fingerprint density at radius 3 is 2.75 bits per heavy atom. The highest BCUT2D eigenvalue weighted by Gasteiger charge is 2.46. The summed E-state index contributed by atoms with van der Waals surface area (Å²) in [5.41, 5.74) is 1.81. The Morgan fingerprint density at radius 1 is 1.31 bits per heavy atom. The maximum Gasteiger partial charge on any atom is 0.0973 e. The van der Waals surface area contributed by atoms with Crippen molar-refractivity contribution in [2.45, 2.75) is 24.7 Å². The SMILES string of the molecule is Brc1ccccc1C1(CC2=NCCN2)CC1. The van der Waals surface area contributed by atoms with E-state index in [0.29, 0.717) is 5.41 Å². The number of amidine groups is 1. The van der Waals surface area contributed by atoms with E-state index in [2.05, 4.69) is 50.5 Å². The first-order chi connectivity index (χ1) is 7.80. The monoisotopic (exact) mass is 278 g/mol. The van der Waals surface area contributed by atoms with Crippen LogP contribution in [0.3, 0.4) is 0 Å². The van der Waals surface area contributed by atoms with Gasteiger partial charge in [0.05, 0.1) is 12.4 Å². The zero-order chi connectivity index (χ0) is 11.0. The molecule has 1 fully saturated rings. The van der Waals surface area contributed by atoms with Crippen LogP contribution in [0.4, 0.5) is 0 Å². The molecule has 1 heterocycles. The Kier molecular flexibility index (Phi) is 2.51. The molecule has 0 unspecified atom stereocenters. The van der Waals surface area contributed by atoms with Gasteiger partial charge in [0, 0.05) is 22.9 Å². The molecule has 0 saturated heterocycles. The second-order valence-corrected chi connectivity index (χ2v) is 5.55. The highest BCUT2D eigenvalue weighted by Crippen LogP contribution is 2.53. The summed E-state index contributed by atoms with van der Waals surface area (Å²) >= 11 is 3.66. The lowest BCUT2D eigenvalue weighted by Gasteiger charge is -2.17. The summed E-state index contributed by atoms with van der Waals surface area (Å²) < 4.78 is 1.24. The minimum Gasteiger partial charge on any atom is -0.372 e. The fraction of sp³-hybridized carbons (Fsp3) is 0.462. The third kappa shape index (κ3) is 1.77. The van der Waals surface area contributed by atoms with Gasteiger partial charge in [-0.1, -0.05) is 34.1 Å². The van der Waals surface area contributed by atoms with Gasteiger partial charge in [-0.2, -0.15) is 0 Å². The van der Waals surface area contributed by atoms with Crippen LogP contribution in [0.2, 0.25) is 0 Å². The molecule has 0 aromatic heterocycles. The summed E-state index contributed by atoms with van der Waals surface area (Å²) in [5.74, 6) is 1.20. The van der Waals surface area contributed by atoms with Crippen molar-refractivity contribution < 1.29 is 0 Å². The smallest absolute Gasteiger partial charge is 0.0973 e. The van der Waals surface area contributed by atoms with Gasteiger partial charge >= 0.3 is 0 Å². The van der Waals surface area contributed by atoms with E-state index in [9.17, 15) is 0 Å². The van der Waals surface area contributed by atoms with Gasteiger partial charge in [0.25, 0.3) is 0 Å². The summed E-state index contributed by atoms with van der Waals surface area (Å²) in [4.78, 5) is 4.51. The van der Waals surface area contributed by atoms with E-state index in [1.807, 2.05) is 0 Å². The predicted octanol–water partition coefficient (Wildman–Crippen LogP) is 2.87.